The molecule has 0 bridgehead atoms. The van der Waals surface area contributed by atoms with Crippen molar-refractivity contribution in [3.8, 4) is 0 Å². The standard InChI is InChI=1S/C19H18FNO2S/c1-12-6-3-4-7-13(12)10-21-19(22)18-14(11-23-2)17-15(20)8-5-9-16(17)24-18/h3-9H,10-11H2,1-2H3,(H,21,22). The van der Waals surface area contributed by atoms with E-state index in [9.17, 15) is 9.18 Å². The second-order valence-corrected chi connectivity index (χ2v) is 6.62. The number of ether oxygens (including phenoxy) is 1. The molecule has 24 heavy (non-hydrogen) atoms. The number of carbonyl (C=O) groups is 1. The summed E-state index contributed by atoms with van der Waals surface area (Å²) in [5.74, 6) is -0.528. The molecule has 0 atom stereocenters. The van der Waals surface area contributed by atoms with Gasteiger partial charge in [-0.3, -0.25) is 4.79 Å². The van der Waals surface area contributed by atoms with Crippen LogP contribution in [0.3, 0.4) is 0 Å². The highest BCUT2D eigenvalue weighted by Gasteiger charge is 2.20. The number of hydrogen-bond acceptors (Lipinski definition) is 3. The lowest BCUT2D eigenvalue weighted by molar-refractivity contribution is 0.0950. The zero-order valence-electron chi connectivity index (χ0n) is 13.6. The Morgan fingerprint density at radius 3 is 2.75 bits per heavy atom. The molecule has 1 heterocycles. The van der Waals surface area contributed by atoms with Gasteiger partial charge in [0.25, 0.3) is 5.91 Å². The Morgan fingerprint density at radius 1 is 1.21 bits per heavy atom. The predicted molar refractivity (Wildman–Crippen MR) is 94.8 cm³/mol. The van der Waals surface area contributed by atoms with Crippen molar-refractivity contribution in [3.05, 3.63) is 69.8 Å². The van der Waals surface area contributed by atoms with Gasteiger partial charge in [-0.1, -0.05) is 30.3 Å². The van der Waals surface area contributed by atoms with Crippen LogP contribution in [0.4, 0.5) is 4.39 Å². The topological polar surface area (TPSA) is 38.3 Å². The normalized spacial score (nSPS) is 11.0. The summed E-state index contributed by atoms with van der Waals surface area (Å²) in [6.07, 6.45) is 0. The number of aryl methyl sites for hydroxylation is 1. The molecule has 0 aliphatic heterocycles. The van der Waals surface area contributed by atoms with Gasteiger partial charge in [-0.05, 0) is 30.2 Å². The first kappa shape index (κ1) is 16.6. The number of nitrogens with one attached hydrogen (secondary N) is 1. The molecular formula is C19H18FNO2S. The number of fused-ring (bicyclic) bond motifs is 1. The summed E-state index contributed by atoms with van der Waals surface area (Å²) in [5, 5.41) is 3.41. The van der Waals surface area contributed by atoms with E-state index in [1.54, 1.807) is 13.2 Å². The lowest BCUT2D eigenvalue weighted by atomic mass is 10.1. The Kier molecular flexibility index (Phi) is 4.92. The van der Waals surface area contributed by atoms with Crippen LogP contribution in [-0.4, -0.2) is 13.0 Å². The molecule has 1 amide bonds. The van der Waals surface area contributed by atoms with Crippen molar-refractivity contribution in [2.75, 3.05) is 7.11 Å². The minimum atomic E-state index is -0.325. The monoisotopic (exact) mass is 343 g/mol. The maximum absolute atomic E-state index is 14.2. The average molecular weight is 343 g/mol. The van der Waals surface area contributed by atoms with Crippen LogP contribution in [0.2, 0.25) is 0 Å². The Bertz CT molecular complexity index is 888. The largest absolute Gasteiger partial charge is 0.380 e. The number of halogens is 1. The molecule has 0 spiro atoms. The van der Waals surface area contributed by atoms with E-state index in [1.807, 2.05) is 37.3 Å². The van der Waals surface area contributed by atoms with Gasteiger partial charge in [-0.25, -0.2) is 4.39 Å². The summed E-state index contributed by atoms with van der Waals surface area (Å²) >= 11 is 1.29. The second-order valence-electron chi connectivity index (χ2n) is 5.56. The molecule has 0 radical (unpaired) electrons. The van der Waals surface area contributed by atoms with Crippen molar-refractivity contribution in [2.24, 2.45) is 0 Å². The molecule has 2 aromatic carbocycles. The molecule has 0 fully saturated rings. The maximum Gasteiger partial charge on any atom is 0.262 e. The van der Waals surface area contributed by atoms with Crippen molar-refractivity contribution in [2.45, 2.75) is 20.1 Å². The molecule has 1 aromatic heterocycles. The summed E-state index contributed by atoms with van der Waals surface area (Å²) in [4.78, 5) is 13.1. The van der Waals surface area contributed by atoms with E-state index < -0.39 is 0 Å². The molecule has 0 unspecified atom stereocenters. The van der Waals surface area contributed by atoms with Crippen LogP contribution in [-0.2, 0) is 17.9 Å². The second kappa shape index (κ2) is 7.11. The highest BCUT2D eigenvalue weighted by atomic mass is 32.1. The van der Waals surface area contributed by atoms with Crippen LogP contribution in [0.15, 0.2) is 42.5 Å². The van der Waals surface area contributed by atoms with Gasteiger partial charge < -0.3 is 10.1 Å². The molecule has 0 saturated carbocycles. The Labute approximate surface area is 144 Å². The third-order valence-corrected chi connectivity index (χ3v) is 5.15. The maximum atomic E-state index is 14.2. The molecule has 3 rings (SSSR count). The van der Waals surface area contributed by atoms with Gasteiger partial charge in [-0.15, -0.1) is 11.3 Å². The van der Waals surface area contributed by atoms with Crippen LogP contribution >= 0.6 is 11.3 Å². The van der Waals surface area contributed by atoms with Gasteiger partial charge in [0.05, 0.1) is 11.5 Å². The van der Waals surface area contributed by atoms with Crippen LogP contribution in [0, 0.1) is 12.7 Å². The average Bonchev–Trinajstić information content (AvgIpc) is 2.94. The predicted octanol–water partition coefficient (Wildman–Crippen LogP) is 4.43. The zero-order chi connectivity index (χ0) is 17.1. The van der Waals surface area contributed by atoms with E-state index in [0.717, 1.165) is 15.8 Å². The number of methoxy groups -OCH3 is 1. The van der Waals surface area contributed by atoms with Crippen LogP contribution < -0.4 is 5.32 Å². The Hall–Kier alpha value is -2.24. The molecule has 0 saturated heterocycles. The third kappa shape index (κ3) is 3.18. The number of amides is 1. The fraction of sp³-hybridized carbons (Fsp3) is 0.211. The minimum absolute atomic E-state index is 0.202. The highest BCUT2D eigenvalue weighted by Crippen LogP contribution is 2.33. The van der Waals surface area contributed by atoms with E-state index in [2.05, 4.69) is 5.32 Å². The van der Waals surface area contributed by atoms with Crippen LogP contribution in [0.1, 0.15) is 26.4 Å². The summed E-state index contributed by atoms with van der Waals surface area (Å²) in [7, 11) is 1.54. The number of thiophene rings is 1. The molecule has 3 nitrogen and oxygen atoms in total. The van der Waals surface area contributed by atoms with Crippen molar-refractivity contribution in [3.63, 3.8) is 0 Å². The Morgan fingerprint density at radius 2 is 2.00 bits per heavy atom. The number of hydrogen-bond donors (Lipinski definition) is 1. The number of carbonyl (C=O) groups excluding carboxylic acids is 1. The van der Waals surface area contributed by atoms with Crippen LogP contribution in [0.25, 0.3) is 10.1 Å². The molecule has 0 aliphatic carbocycles. The lowest BCUT2D eigenvalue weighted by Gasteiger charge is -2.08. The molecule has 124 valence electrons. The first-order valence-electron chi connectivity index (χ1n) is 7.63. The van der Waals surface area contributed by atoms with Crippen molar-refractivity contribution < 1.29 is 13.9 Å². The van der Waals surface area contributed by atoms with Crippen LogP contribution in [0.5, 0.6) is 0 Å². The summed E-state index contributed by atoms with van der Waals surface area (Å²) in [5.41, 5.74) is 2.79. The van der Waals surface area contributed by atoms with E-state index in [0.29, 0.717) is 22.4 Å². The number of benzene rings is 2. The third-order valence-electron chi connectivity index (χ3n) is 3.96. The first-order chi connectivity index (χ1) is 11.6. The van der Waals surface area contributed by atoms with Crippen molar-refractivity contribution in [1.82, 2.24) is 5.32 Å². The highest BCUT2D eigenvalue weighted by molar-refractivity contribution is 7.21. The molecular weight excluding hydrogens is 325 g/mol. The quantitative estimate of drug-likeness (QED) is 0.744. The van der Waals surface area contributed by atoms with E-state index in [1.165, 1.54) is 17.4 Å². The smallest absolute Gasteiger partial charge is 0.262 e. The molecule has 1 N–H and O–H groups in total. The van der Waals surface area contributed by atoms with Gasteiger partial charge in [-0.2, -0.15) is 0 Å². The Balaban J connectivity index is 1.90. The first-order valence-corrected chi connectivity index (χ1v) is 8.45. The van der Waals surface area contributed by atoms with Gasteiger partial charge in [0.2, 0.25) is 0 Å². The van der Waals surface area contributed by atoms with E-state index >= 15 is 0 Å². The van der Waals surface area contributed by atoms with Crippen molar-refractivity contribution in [1.29, 1.82) is 0 Å². The fourth-order valence-electron chi connectivity index (χ4n) is 2.70. The molecule has 5 heteroatoms. The van der Waals surface area contributed by atoms with Gasteiger partial charge >= 0.3 is 0 Å². The fourth-order valence-corrected chi connectivity index (χ4v) is 3.84. The van der Waals surface area contributed by atoms with Crippen molar-refractivity contribution >= 4 is 27.3 Å². The van der Waals surface area contributed by atoms with Gasteiger partial charge in [0.15, 0.2) is 0 Å². The lowest BCUT2D eigenvalue weighted by Crippen LogP contribution is -2.23. The van der Waals surface area contributed by atoms with Gasteiger partial charge in [0, 0.05) is 29.3 Å². The molecule has 3 aromatic rings. The number of rotatable bonds is 5. The SMILES string of the molecule is COCc1c(C(=O)NCc2ccccc2C)sc2cccc(F)c12. The summed E-state index contributed by atoms with van der Waals surface area (Å²) in [6.45, 7) is 2.65. The molecule has 0 aliphatic rings. The minimum Gasteiger partial charge on any atom is -0.380 e. The summed E-state index contributed by atoms with van der Waals surface area (Å²) < 4.78 is 20.1. The summed E-state index contributed by atoms with van der Waals surface area (Å²) in [6, 6.07) is 12.8. The van der Waals surface area contributed by atoms with E-state index in [4.69, 9.17) is 4.74 Å². The van der Waals surface area contributed by atoms with Gasteiger partial charge in [0.1, 0.15) is 5.82 Å². The van der Waals surface area contributed by atoms with E-state index in [-0.39, 0.29) is 18.3 Å². The zero-order valence-corrected chi connectivity index (χ0v) is 14.4.